The van der Waals surface area contributed by atoms with Crippen molar-refractivity contribution in [2.75, 3.05) is 0 Å². The summed E-state index contributed by atoms with van der Waals surface area (Å²) in [5.41, 5.74) is -0.972. The Morgan fingerprint density at radius 3 is 2.41 bits per heavy atom. The molecular formula is C26H30O8. The van der Waals surface area contributed by atoms with Crippen LogP contribution in [0.3, 0.4) is 0 Å². The highest BCUT2D eigenvalue weighted by Crippen LogP contribution is 2.44. The fourth-order valence-electron chi connectivity index (χ4n) is 4.51. The lowest BCUT2D eigenvalue weighted by Crippen LogP contribution is -2.49. The number of aliphatic hydroxyl groups is 2. The lowest BCUT2D eigenvalue weighted by atomic mass is 9.84. The van der Waals surface area contributed by atoms with E-state index in [0.717, 1.165) is 25.0 Å². The van der Waals surface area contributed by atoms with Gasteiger partial charge >= 0.3 is 0 Å². The van der Waals surface area contributed by atoms with Gasteiger partial charge in [0.1, 0.15) is 51.4 Å². The monoisotopic (exact) mass is 470 g/mol. The molecule has 2 aromatic carbocycles. The van der Waals surface area contributed by atoms with E-state index in [1.54, 1.807) is 0 Å². The minimum atomic E-state index is -1.45. The molecular weight excluding hydrogens is 440 g/mol. The van der Waals surface area contributed by atoms with Gasteiger partial charge in [0.25, 0.3) is 0 Å². The highest BCUT2D eigenvalue weighted by molar-refractivity contribution is 5.87. The molecule has 0 saturated heterocycles. The smallest absolute Gasteiger partial charge is 0.196 e. The molecule has 8 nitrogen and oxygen atoms in total. The van der Waals surface area contributed by atoms with Crippen LogP contribution >= 0.6 is 0 Å². The average Bonchev–Trinajstić information content (AvgIpc) is 2.73. The van der Waals surface area contributed by atoms with Crippen LogP contribution in [0.1, 0.15) is 63.0 Å². The predicted octanol–water partition coefficient (Wildman–Crippen LogP) is 3.87. The number of aromatic hydroxyl groups is 3. The Labute approximate surface area is 196 Å². The molecule has 0 radical (unpaired) electrons. The van der Waals surface area contributed by atoms with E-state index in [9.17, 15) is 30.3 Å². The van der Waals surface area contributed by atoms with Crippen LogP contribution in [0.5, 0.6) is 23.0 Å². The van der Waals surface area contributed by atoms with Gasteiger partial charge in [-0.25, -0.2) is 0 Å². The molecule has 0 saturated carbocycles. The van der Waals surface area contributed by atoms with Gasteiger partial charge in [0.15, 0.2) is 5.43 Å². The molecule has 1 aromatic heterocycles. The number of fused-ring (bicyclic) bond motifs is 2. The maximum Gasteiger partial charge on any atom is 0.196 e. The number of hydrogen-bond donors (Lipinski definition) is 5. The molecule has 5 N–H and O–H groups in total. The van der Waals surface area contributed by atoms with E-state index in [1.165, 1.54) is 18.2 Å². The molecule has 0 unspecified atom stereocenters. The van der Waals surface area contributed by atoms with E-state index in [-0.39, 0.29) is 46.0 Å². The third kappa shape index (κ3) is 4.43. The second-order valence-corrected chi connectivity index (χ2v) is 9.69. The zero-order chi connectivity index (χ0) is 24.8. The summed E-state index contributed by atoms with van der Waals surface area (Å²) in [6.45, 7) is 6.09. The van der Waals surface area contributed by atoms with E-state index >= 15 is 0 Å². The number of phenolic OH excluding ortho intramolecular Hbond substituents is 3. The molecule has 4 rings (SSSR count). The number of hydrogen-bond acceptors (Lipinski definition) is 8. The van der Waals surface area contributed by atoms with E-state index < -0.39 is 23.2 Å². The molecule has 3 aromatic rings. The Balaban J connectivity index is 1.75. The van der Waals surface area contributed by atoms with Gasteiger partial charge < -0.3 is 34.7 Å². The minimum absolute atomic E-state index is 0.0168. The first-order valence-corrected chi connectivity index (χ1v) is 11.4. The molecule has 8 heteroatoms. The number of rotatable bonds is 6. The largest absolute Gasteiger partial charge is 0.508 e. The molecule has 182 valence electrons. The Hall–Kier alpha value is -3.23. The summed E-state index contributed by atoms with van der Waals surface area (Å²) in [6.07, 6.45) is 0.292. The average molecular weight is 471 g/mol. The van der Waals surface area contributed by atoms with Crippen molar-refractivity contribution < 1.29 is 34.7 Å². The maximum atomic E-state index is 12.9. The fraction of sp³-hybridized carbons (Fsp3) is 0.423. The van der Waals surface area contributed by atoms with Crippen LogP contribution in [-0.2, 0) is 6.42 Å². The first-order chi connectivity index (χ1) is 16.0. The summed E-state index contributed by atoms with van der Waals surface area (Å²) in [5, 5.41) is 51.7. The van der Waals surface area contributed by atoms with E-state index in [2.05, 4.69) is 13.8 Å². The van der Waals surface area contributed by atoms with Gasteiger partial charge in [-0.3, -0.25) is 4.79 Å². The van der Waals surface area contributed by atoms with Gasteiger partial charge in [-0.05, 0) is 43.4 Å². The molecule has 0 amide bonds. The minimum Gasteiger partial charge on any atom is -0.508 e. The summed E-state index contributed by atoms with van der Waals surface area (Å²) < 4.78 is 11.9. The number of ether oxygens (including phenoxy) is 1. The summed E-state index contributed by atoms with van der Waals surface area (Å²) >= 11 is 0. The van der Waals surface area contributed by atoms with Gasteiger partial charge in [0, 0.05) is 30.2 Å². The predicted molar refractivity (Wildman–Crippen MR) is 125 cm³/mol. The maximum absolute atomic E-state index is 12.9. The quantitative estimate of drug-likeness (QED) is 0.366. The first kappa shape index (κ1) is 23.9. The van der Waals surface area contributed by atoms with Crippen molar-refractivity contribution in [3.05, 3.63) is 57.4 Å². The normalized spacial score (nSPS) is 20.8. The summed E-state index contributed by atoms with van der Waals surface area (Å²) in [5.74, 6) is -0.123. The van der Waals surface area contributed by atoms with Crippen LogP contribution in [0.15, 0.2) is 39.5 Å². The van der Waals surface area contributed by atoms with Crippen molar-refractivity contribution in [2.24, 2.45) is 5.92 Å². The van der Waals surface area contributed by atoms with E-state index in [4.69, 9.17) is 9.15 Å². The third-order valence-corrected chi connectivity index (χ3v) is 6.49. The van der Waals surface area contributed by atoms with E-state index in [0.29, 0.717) is 23.7 Å². The van der Waals surface area contributed by atoms with Crippen LogP contribution < -0.4 is 10.2 Å². The summed E-state index contributed by atoms with van der Waals surface area (Å²) in [6, 6.07) is 6.14. The fourth-order valence-corrected chi connectivity index (χ4v) is 4.51. The molecule has 34 heavy (non-hydrogen) atoms. The standard InChI is InChI=1S/C26H30O8/c1-13(2)5-4-6-26(3)22(30)10-17-19(34-26)12-20-23(25(17)32)18(29)11-21(33-20)24(31)14-7-15(27)9-16(28)8-14/h7-9,11-13,22,24,27-28,30-32H,4-6,10H2,1-3H3/t22-,24-,26-/m1/s1. The van der Waals surface area contributed by atoms with E-state index in [1.807, 2.05) is 6.92 Å². The number of phenols is 3. The van der Waals surface area contributed by atoms with Crippen LogP contribution in [0.4, 0.5) is 0 Å². The van der Waals surface area contributed by atoms with Crippen LogP contribution in [0, 0.1) is 5.92 Å². The molecule has 1 aliphatic heterocycles. The lowest BCUT2D eigenvalue weighted by Gasteiger charge is -2.40. The van der Waals surface area contributed by atoms with Crippen molar-refractivity contribution in [1.82, 2.24) is 0 Å². The SMILES string of the molecule is CC(C)CCC[C@@]1(C)Oc2cc3oc([C@H](O)c4cc(O)cc(O)c4)cc(=O)c3c(O)c2C[C@H]1O. The van der Waals surface area contributed by atoms with Gasteiger partial charge in [0.05, 0.1) is 6.10 Å². The topological polar surface area (TPSA) is 141 Å². The molecule has 0 bridgehead atoms. The number of aliphatic hydroxyl groups excluding tert-OH is 2. The zero-order valence-electron chi connectivity index (χ0n) is 19.4. The van der Waals surface area contributed by atoms with Gasteiger partial charge in [-0.2, -0.15) is 0 Å². The molecule has 0 fully saturated rings. The van der Waals surface area contributed by atoms with Crippen molar-refractivity contribution in [1.29, 1.82) is 0 Å². The third-order valence-electron chi connectivity index (χ3n) is 6.49. The Morgan fingerprint density at radius 1 is 1.09 bits per heavy atom. The van der Waals surface area contributed by atoms with Gasteiger partial charge in [-0.1, -0.05) is 20.3 Å². The van der Waals surface area contributed by atoms with Gasteiger partial charge in [-0.15, -0.1) is 0 Å². The highest BCUT2D eigenvalue weighted by atomic mass is 16.5. The van der Waals surface area contributed by atoms with Gasteiger partial charge in [0.2, 0.25) is 0 Å². The molecule has 0 spiro atoms. The van der Waals surface area contributed by atoms with Crippen LogP contribution in [0.2, 0.25) is 0 Å². The second-order valence-electron chi connectivity index (χ2n) is 9.69. The molecule has 2 heterocycles. The molecule has 3 atom stereocenters. The summed E-state index contributed by atoms with van der Waals surface area (Å²) in [7, 11) is 0. The van der Waals surface area contributed by atoms with Crippen molar-refractivity contribution >= 4 is 11.0 Å². The zero-order valence-corrected chi connectivity index (χ0v) is 19.4. The van der Waals surface area contributed by atoms with Crippen LogP contribution in [0.25, 0.3) is 11.0 Å². The Morgan fingerprint density at radius 2 is 1.76 bits per heavy atom. The highest BCUT2D eigenvalue weighted by Gasteiger charge is 2.41. The van der Waals surface area contributed by atoms with Crippen LogP contribution in [-0.4, -0.2) is 37.2 Å². The Bertz CT molecular complexity index is 1260. The summed E-state index contributed by atoms with van der Waals surface area (Å²) in [4.78, 5) is 12.9. The van der Waals surface area contributed by atoms with Crippen molar-refractivity contribution in [3.8, 4) is 23.0 Å². The Kier molecular flexibility index (Phi) is 6.22. The first-order valence-electron chi connectivity index (χ1n) is 11.4. The number of benzene rings is 2. The molecule has 1 aliphatic rings. The second kappa shape index (κ2) is 8.85. The lowest BCUT2D eigenvalue weighted by molar-refractivity contribution is -0.0613. The molecule has 0 aliphatic carbocycles. The van der Waals surface area contributed by atoms with Crippen molar-refractivity contribution in [3.63, 3.8) is 0 Å². The van der Waals surface area contributed by atoms with Crippen molar-refractivity contribution in [2.45, 2.75) is 64.3 Å².